The van der Waals surface area contributed by atoms with Crippen LogP contribution >= 0.6 is 12.4 Å². The van der Waals surface area contributed by atoms with Gasteiger partial charge >= 0.3 is 0 Å². The summed E-state index contributed by atoms with van der Waals surface area (Å²) in [5.41, 5.74) is 6.04. The SMILES string of the molecule is C[C@H](N)c1ccc(F)cc1O.Cl. The molecule has 0 saturated heterocycles. The number of hydrogen-bond donors (Lipinski definition) is 2. The van der Waals surface area contributed by atoms with Gasteiger partial charge in [0.05, 0.1) is 0 Å². The number of benzene rings is 1. The Kier molecular flexibility index (Phi) is 4.00. The third-order valence-corrected chi connectivity index (χ3v) is 1.48. The van der Waals surface area contributed by atoms with Crippen molar-refractivity contribution < 1.29 is 9.50 Å². The van der Waals surface area contributed by atoms with Crippen LogP contribution in [0, 0.1) is 5.82 Å². The maximum absolute atomic E-state index is 12.4. The lowest BCUT2D eigenvalue weighted by Gasteiger charge is -2.06. The topological polar surface area (TPSA) is 46.2 Å². The number of nitrogens with two attached hydrogens (primary N) is 1. The lowest BCUT2D eigenvalue weighted by molar-refractivity contribution is 0.457. The molecule has 1 atom stereocenters. The van der Waals surface area contributed by atoms with Gasteiger partial charge in [-0.3, -0.25) is 0 Å². The largest absolute Gasteiger partial charge is 0.508 e. The monoisotopic (exact) mass is 191 g/mol. The molecule has 1 aromatic carbocycles. The first kappa shape index (κ1) is 11.2. The Balaban J connectivity index is 0.00000121. The molecule has 0 fully saturated rings. The van der Waals surface area contributed by atoms with Gasteiger partial charge in [-0.15, -0.1) is 12.4 Å². The summed E-state index contributed by atoms with van der Waals surface area (Å²) in [5.74, 6) is -0.535. The highest BCUT2D eigenvalue weighted by Crippen LogP contribution is 2.22. The number of phenols is 1. The number of rotatable bonds is 1. The Hall–Kier alpha value is -0.800. The van der Waals surface area contributed by atoms with E-state index in [1.54, 1.807) is 6.92 Å². The first-order valence-electron chi connectivity index (χ1n) is 3.35. The zero-order chi connectivity index (χ0) is 8.43. The minimum absolute atomic E-state index is 0. The molecule has 0 aliphatic rings. The molecule has 0 aliphatic heterocycles. The fourth-order valence-corrected chi connectivity index (χ4v) is 0.902. The molecule has 0 radical (unpaired) electrons. The molecule has 0 bridgehead atoms. The second-order valence-electron chi connectivity index (χ2n) is 2.49. The quantitative estimate of drug-likeness (QED) is 0.713. The van der Waals surface area contributed by atoms with E-state index >= 15 is 0 Å². The maximum atomic E-state index is 12.4. The molecule has 68 valence electrons. The van der Waals surface area contributed by atoms with E-state index in [1.807, 2.05) is 0 Å². The average molecular weight is 192 g/mol. The molecule has 0 aliphatic carbocycles. The Morgan fingerprint density at radius 1 is 1.50 bits per heavy atom. The molecule has 3 N–H and O–H groups in total. The molecule has 0 amide bonds. The first-order valence-corrected chi connectivity index (χ1v) is 3.35. The number of phenolic OH excluding ortho intramolecular Hbond substituents is 1. The van der Waals surface area contributed by atoms with Gasteiger partial charge in [0.1, 0.15) is 11.6 Å². The average Bonchev–Trinajstić information content (AvgIpc) is 1.85. The normalized spacial score (nSPS) is 11.9. The second-order valence-corrected chi connectivity index (χ2v) is 2.49. The highest BCUT2D eigenvalue weighted by molar-refractivity contribution is 5.85. The molecule has 1 aromatic rings. The highest BCUT2D eigenvalue weighted by Gasteiger charge is 2.05. The van der Waals surface area contributed by atoms with Crippen molar-refractivity contribution in [2.24, 2.45) is 5.73 Å². The van der Waals surface area contributed by atoms with Gasteiger partial charge < -0.3 is 10.8 Å². The third kappa shape index (κ3) is 2.36. The van der Waals surface area contributed by atoms with Crippen molar-refractivity contribution in [1.82, 2.24) is 0 Å². The van der Waals surface area contributed by atoms with Crippen LogP contribution in [-0.2, 0) is 0 Å². The molecular formula is C8H11ClFNO. The smallest absolute Gasteiger partial charge is 0.126 e. The van der Waals surface area contributed by atoms with Crippen molar-refractivity contribution >= 4 is 12.4 Å². The summed E-state index contributed by atoms with van der Waals surface area (Å²) in [6.45, 7) is 1.73. The molecule has 2 nitrogen and oxygen atoms in total. The Bertz CT molecular complexity index is 265. The van der Waals surface area contributed by atoms with E-state index in [1.165, 1.54) is 12.1 Å². The fourth-order valence-electron chi connectivity index (χ4n) is 0.902. The van der Waals surface area contributed by atoms with Gasteiger partial charge in [0.25, 0.3) is 0 Å². The summed E-state index contributed by atoms with van der Waals surface area (Å²) in [5, 5.41) is 9.14. The van der Waals surface area contributed by atoms with Gasteiger partial charge in [-0.25, -0.2) is 4.39 Å². The van der Waals surface area contributed by atoms with Gasteiger partial charge in [0.15, 0.2) is 0 Å². The molecule has 0 saturated carbocycles. The Morgan fingerprint density at radius 3 is 2.50 bits per heavy atom. The van der Waals surface area contributed by atoms with Gasteiger partial charge in [0, 0.05) is 17.7 Å². The predicted octanol–water partition coefficient (Wildman–Crippen LogP) is 1.97. The standard InChI is InChI=1S/C8H10FNO.ClH/c1-5(10)7-3-2-6(9)4-8(7)11;/h2-5,11H,10H2,1H3;1H/t5-;/m0./s1. The van der Waals surface area contributed by atoms with E-state index in [4.69, 9.17) is 10.8 Å². The highest BCUT2D eigenvalue weighted by atomic mass is 35.5. The van der Waals surface area contributed by atoms with Crippen molar-refractivity contribution in [2.45, 2.75) is 13.0 Å². The summed E-state index contributed by atoms with van der Waals surface area (Å²) in [4.78, 5) is 0. The summed E-state index contributed by atoms with van der Waals surface area (Å²) in [6.07, 6.45) is 0. The van der Waals surface area contributed by atoms with E-state index in [9.17, 15) is 4.39 Å². The molecule has 0 heterocycles. The van der Waals surface area contributed by atoms with Crippen molar-refractivity contribution in [3.8, 4) is 5.75 Å². The number of halogens is 2. The molecule has 0 unspecified atom stereocenters. The van der Waals surface area contributed by atoms with Crippen LogP contribution in [0.1, 0.15) is 18.5 Å². The van der Waals surface area contributed by atoms with Gasteiger partial charge in [-0.1, -0.05) is 6.07 Å². The molecule has 0 spiro atoms. The van der Waals surface area contributed by atoms with Crippen molar-refractivity contribution in [2.75, 3.05) is 0 Å². The van der Waals surface area contributed by atoms with E-state index < -0.39 is 5.82 Å². The molecule has 1 rings (SSSR count). The number of hydrogen-bond acceptors (Lipinski definition) is 2. The predicted molar refractivity (Wildman–Crippen MR) is 47.9 cm³/mol. The minimum Gasteiger partial charge on any atom is -0.508 e. The van der Waals surface area contributed by atoms with E-state index in [-0.39, 0.29) is 24.2 Å². The lowest BCUT2D eigenvalue weighted by Crippen LogP contribution is -2.04. The second kappa shape index (κ2) is 4.28. The minimum atomic E-state index is -0.452. The number of aromatic hydroxyl groups is 1. The van der Waals surface area contributed by atoms with Crippen LogP contribution in [0.2, 0.25) is 0 Å². The van der Waals surface area contributed by atoms with Crippen molar-refractivity contribution in [3.63, 3.8) is 0 Å². The molecule has 0 aromatic heterocycles. The van der Waals surface area contributed by atoms with Crippen LogP contribution in [0.15, 0.2) is 18.2 Å². The van der Waals surface area contributed by atoms with Crippen molar-refractivity contribution in [1.29, 1.82) is 0 Å². The summed E-state index contributed by atoms with van der Waals surface area (Å²) < 4.78 is 12.4. The van der Waals surface area contributed by atoms with Crippen LogP contribution in [0.5, 0.6) is 5.75 Å². The van der Waals surface area contributed by atoms with Crippen LogP contribution in [0.25, 0.3) is 0 Å². The van der Waals surface area contributed by atoms with Crippen LogP contribution < -0.4 is 5.73 Å². The van der Waals surface area contributed by atoms with Gasteiger partial charge in [-0.2, -0.15) is 0 Å². The summed E-state index contributed by atoms with van der Waals surface area (Å²) >= 11 is 0. The third-order valence-electron chi connectivity index (χ3n) is 1.48. The first-order chi connectivity index (χ1) is 5.11. The van der Waals surface area contributed by atoms with Crippen LogP contribution in [-0.4, -0.2) is 5.11 Å². The lowest BCUT2D eigenvalue weighted by atomic mass is 10.1. The van der Waals surface area contributed by atoms with E-state index in [0.29, 0.717) is 5.56 Å². The molecular weight excluding hydrogens is 181 g/mol. The van der Waals surface area contributed by atoms with Gasteiger partial charge in [0.2, 0.25) is 0 Å². The van der Waals surface area contributed by atoms with E-state index in [2.05, 4.69) is 0 Å². The zero-order valence-corrected chi connectivity index (χ0v) is 7.44. The van der Waals surface area contributed by atoms with Crippen LogP contribution in [0.3, 0.4) is 0 Å². The van der Waals surface area contributed by atoms with E-state index in [0.717, 1.165) is 6.07 Å². The van der Waals surface area contributed by atoms with Gasteiger partial charge in [-0.05, 0) is 13.0 Å². The Morgan fingerprint density at radius 2 is 2.08 bits per heavy atom. The molecule has 4 heteroatoms. The summed E-state index contributed by atoms with van der Waals surface area (Å²) in [6, 6.07) is 3.54. The summed E-state index contributed by atoms with van der Waals surface area (Å²) in [7, 11) is 0. The molecule has 12 heavy (non-hydrogen) atoms. The van der Waals surface area contributed by atoms with Crippen LogP contribution in [0.4, 0.5) is 4.39 Å². The zero-order valence-electron chi connectivity index (χ0n) is 6.62. The Labute approximate surface area is 76.6 Å². The fraction of sp³-hybridized carbons (Fsp3) is 0.250. The van der Waals surface area contributed by atoms with Crippen molar-refractivity contribution in [3.05, 3.63) is 29.6 Å². The maximum Gasteiger partial charge on any atom is 0.126 e.